The highest BCUT2D eigenvalue weighted by Crippen LogP contribution is 2.31. The fraction of sp³-hybridized carbons (Fsp3) is 0.684. The van der Waals surface area contributed by atoms with Gasteiger partial charge in [-0.15, -0.1) is 0 Å². The van der Waals surface area contributed by atoms with Crippen LogP contribution in [0.15, 0.2) is 16.7 Å². The molecule has 1 aromatic heterocycles. The number of furan rings is 1. The van der Waals surface area contributed by atoms with Crippen molar-refractivity contribution >= 4 is 22.0 Å². The molecule has 3 rings (SSSR count). The van der Waals surface area contributed by atoms with Gasteiger partial charge in [-0.3, -0.25) is 10.1 Å². The van der Waals surface area contributed by atoms with Gasteiger partial charge in [0.05, 0.1) is 18.6 Å². The molecule has 2 heterocycles. The Kier molecular flexibility index (Phi) is 7.18. The third-order valence-corrected chi connectivity index (χ3v) is 6.57. The largest absolute Gasteiger partial charge is 0.465 e. The number of nitrogens with zero attached hydrogens (tertiary/aromatic N) is 1. The van der Waals surface area contributed by atoms with E-state index >= 15 is 0 Å². The smallest absolute Gasteiger partial charge is 0.324 e. The Morgan fingerprint density at radius 1 is 1.31 bits per heavy atom. The van der Waals surface area contributed by atoms with Crippen molar-refractivity contribution in [2.45, 2.75) is 51.5 Å². The van der Waals surface area contributed by atoms with Crippen molar-refractivity contribution in [2.24, 2.45) is 5.92 Å². The Morgan fingerprint density at radius 2 is 2.10 bits per heavy atom. The second-order valence-corrected chi connectivity index (χ2v) is 9.56. The maximum atomic E-state index is 12.4. The molecule has 1 atom stereocenters. The minimum Gasteiger partial charge on any atom is -0.465 e. The van der Waals surface area contributed by atoms with Crippen molar-refractivity contribution in [3.8, 4) is 5.95 Å². The maximum absolute atomic E-state index is 12.4. The van der Waals surface area contributed by atoms with Gasteiger partial charge in [0, 0.05) is 24.2 Å². The number of amides is 3. The molecule has 1 aliphatic carbocycles. The number of hydrogen-bond donors (Lipinski definition) is 2. The summed E-state index contributed by atoms with van der Waals surface area (Å²) in [6.07, 6.45) is 6.30. The number of imide groups is 1. The summed E-state index contributed by atoms with van der Waals surface area (Å²) < 4.78 is 38.6. The zero-order chi connectivity index (χ0) is 20.9. The van der Waals surface area contributed by atoms with E-state index in [9.17, 15) is 18.0 Å². The lowest BCUT2D eigenvalue weighted by atomic mass is 10.1. The molecule has 1 aromatic rings. The first kappa shape index (κ1) is 21.6. The number of sulfonamides is 1. The van der Waals surface area contributed by atoms with Crippen molar-refractivity contribution < 1.29 is 27.2 Å². The monoisotopic (exact) mass is 427 g/mol. The number of rotatable bonds is 13. The predicted octanol–water partition coefficient (Wildman–Crippen LogP) is 2.16. The zero-order valence-electron chi connectivity index (χ0n) is 16.7. The molecule has 1 aliphatic heterocycles. The molecule has 0 radical (unpaired) electrons. The average Bonchev–Trinajstić information content (AvgIpc) is 3.29. The number of ether oxygens (including phenoxy) is 1. The lowest BCUT2D eigenvalue weighted by Gasteiger charge is -2.16. The molecule has 2 fully saturated rings. The second kappa shape index (κ2) is 9.62. The molecule has 9 nitrogen and oxygen atoms in total. The fourth-order valence-electron chi connectivity index (χ4n) is 3.17. The van der Waals surface area contributed by atoms with Crippen LogP contribution in [0.3, 0.4) is 0 Å². The van der Waals surface area contributed by atoms with Gasteiger partial charge in [0.2, 0.25) is 15.9 Å². The Balaban J connectivity index is 1.39. The number of carbonyl (C=O) groups excluding carboxylic acids is 2. The maximum Gasteiger partial charge on any atom is 0.324 e. The zero-order valence-corrected chi connectivity index (χ0v) is 17.5. The van der Waals surface area contributed by atoms with Crippen molar-refractivity contribution in [2.75, 3.05) is 25.4 Å². The molecular formula is C19H29N3O6S. The van der Waals surface area contributed by atoms with E-state index in [4.69, 9.17) is 9.15 Å². The van der Waals surface area contributed by atoms with E-state index in [0.29, 0.717) is 50.7 Å². The van der Waals surface area contributed by atoms with Crippen LogP contribution < -0.4 is 14.8 Å². The van der Waals surface area contributed by atoms with E-state index < -0.39 is 10.0 Å². The van der Waals surface area contributed by atoms with E-state index in [1.54, 1.807) is 12.3 Å². The van der Waals surface area contributed by atoms with Gasteiger partial charge < -0.3 is 14.1 Å². The van der Waals surface area contributed by atoms with Crippen molar-refractivity contribution in [1.29, 1.82) is 0 Å². The SMILES string of the molecule is CCC(NS(=O)(=O)CCCCCN1CC(=O)NC1=O)c1coc(OCC2CC2)c1. The molecule has 3 amide bonds. The average molecular weight is 428 g/mol. The van der Waals surface area contributed by atoms with Gasteiger partial charge in [-0.05, 0) is 38.0 Å². The summed E-state index contributed by atoms with van der Waals surface area (Å²) in [5.41, 5.74) is 0.756. The minimum absolute atomic E-state index is 0.0114. The fourth-order valence-corrected chi connectivity index (χ4v) is 4.61. The van der Waals surface area contributed by atoms with Gasteiger partial charge in [-0.25, -0.2) is 17.9 Å². The van der Waals surface area contributed by atoms with Crippen LogP contribution in [0.1, 0.15) is 57.1 Å². The molecule has 162 valence electrons. The van der Waals surface area contributed by atoms with E-state index in [1.165, 1.54) is 17.7 Å². The molecule has 10 heteroatoms. The van der Waals surface area contributed by atoms with E-state index in [2.05, 4.69) is 10.0 Å². The summed E-state index contributed by atoms with van der Waals surface area (Å²) in [5, 5.41) is 2.22. The Hall–Kier alpha value is -2.07. The summed E-state index contributed by atoms with van der Waals surface area (Å²) in [5.74, 6) is 0.753. The number of carbonyl (C=O) groups is 2. The molecule has 0 spiro atoms. The van der Waals surface area contributed by atoms with E-state index in [0.717, 1.165) is 5.56 Å². The third kappa shape index (κ3) is 6.74. The molecule has 0 bridgehead atoms. The van der Waals surface area contributed by atoms with Crippen LogP contribution in [-0.4, -0.2) is 50.7 Å². The Morgan fingerprint density at radius 3 is 2.76 bits per heavy atom. The molecule has 2 aliphatic rings. The highest BCUT2D eigenvalue weighted by Gasteiger charge is 2.26. The third-order valence-electron chi connectivity index (χ3n) is 5.10. The first-order valence-electron chi connectivity index (χ1n) is 10.2. The standard InChI is InChI=1S/C19H29N3O6S/c1-2-16(15-10-18(28-13-15)27-12-14-6-7-14)21-29(25,26)9-5-3-4-8-22-11-17(23)20-19(22)24/h10,13-14,16,21H,2-9,11-12H2,1H3,(H,20,23,24). The lowest BCUT2D eigenvalue weighted by molar-refractivity contribution is -0.118. The van der Waals surface area contributed by atoms with E-state index in [-0.39, 0.29) is 30.3 Å². The topological polar surface area (TPSA) is 118 Å². The molecule has 29 heavy (non-hydrogen) atoms. The van der Waals surface area contributed by atoms with Crippen molar-refractivity contribution in [3.05, 3.63) is 17.9 Å². The van der Waals surface area contributed by atoms with Gasteiger partial charge in [-0.2, -0.15) is 0 Å². The van der Waals surface area contributed by atoms with E-state index in [1.807, 2.05) is 6.92 Å². The van der Waals surface area contributed by atoms with Gasteiger partial charge in [0.15, 0.2) is 0 Å². The van der Waals surface area contributed by atoms with Crippen LogP contribution in [0.2, 0.25) is 0 Å². The number of unbranched alkanes of at least 4 members (excludes halogenated alkanes) is 2. The number of nitrogens with one attached hydrogen (secondary N) is 2. The van der Waals surface area contributed by atoms with Gasteiger partial charge in [0.25, 0.3) is 5.95 Å². The summed E-state index contributed by atoms with van der Waals surface area (Å²) in [6, 6.07) is 1.01. The van der Waals surface area contributed by atoms with Crippen LogP contribution in [0, 0.1) is 5.92 Å². The number of urea groups is 1. The molecule has 1 unspecified atom stereocenters. The van der Waals surface area contributed by atoms with Gasteiger partial charge in [0.1, 0.15) is 6.54 Å². The Labute approximate surface area is 171 Å². The highest BCUT2D eigenvalue weighted by molar-refractivity contribution is 7.89. The van der Waals surface area contributed by atoms with Gasteiger partial charge >= 0.3 is 6.03 Å². The molecule has 2 N–H and O–H groups in total. The molecule has 1 saturated carbocycles. The highest BCUT2D eigenvalue weighted by atomic mass is 32.2. The van der Waals surface area contributed by atoms with Crippen LogP contribution in [0.4, 0.5) is 4.79 Å². The first-order chi connectivity index (χ1) is 13.9. The van der Waals surface area contributed by atoms with Crippen LogP contribution in [0.25, 0.3) is 0 Å². The van der Waals surface area contributed by atoms with Gasteiger partial charge in [-0.1, -0.05) is 13.3 Å². The summed E-state index contributed by atoms with van der Waals surface area (Å²) in [6.45, 7) is 3.07. The number of hydrogen-bond acceptors (Lipinski definition) is 6. The normalized spacial score (nSPS) is 18.2. The van der Waals surface area contributed by atoms with Crippen molar-refractivity contribution in [1.82, 2.24) is 14.9 Å². The molecule has 0 aromatic carbocycles. The van der Waals surface area contributed by atoms with Crippen molar-refractivity contribution in [3.63, 3.8) is 0 Å². The van der Waals surface area contributed by atoms with Crippen LogP contribution in [-0.2, 0) is 14.8 Å². The quantitative estimate of drug-likeness (QED) is 0.368. The minimum atomic E-state index is -3.45. The molecular weight excluding hydrogens is 398 g/mol. The predicted molar refractivity (Wildman–Crippen MR) is 106 cm³/mol. The van der Waals surface area contributed by atoms with Crippen LogP contribution in [0.5, 0.6) is 5.95 Å². The summed E-state index contributed by atoms with van der Waals surface area (Å²) >= 11 is 0. The second-order valence-electron chi connectivity index (χ2n) is 7.69. The lowest BCUT2D eigenvalue weighted by Crippen LogP contribution is -2.30. The summed E-state index contributed by atoms with van der Waals surface area (Å²) in [7, 11) is -3.45. The van der Waals surface area contributed by atoms with Crippen LogP contribution >= 0.6 is 0 Å². The first-order valence-corrected chi connectivity index (χ1v) is 11.8. The Bertz CT molecular complexity index is 818. The summed E-state index contributed by atoms with van der Waals surface area (Å²) in [4.78, 5) is 24.0. The molecule has 1 saturated heterocycles.